The summed E-state index contributed by atoms with van der Waals surface area (Å²) >= 11 is 0. The maximum absolute atomic E-state index is 14.2. The third-order valence-corrected chi connectivity index (χ3v) is 8.43. The van der Waals surface area contributed by atoms with E-state index in [4.69, 9.17) is 4.74 Å². The Balaban J connectivity index is 1.30. The van der Waals surface area contributed by atoms with Gasteiger partial charge in [-0.25, -0.2) is 4.90 Å². The summed E-state index contributed by atoms with van der Waals surface area (Å²) in [5.41, 5.74) is 5.49. The van der Waals surface area contributed by atoms with Gasteiger partial charge in [0.25, 0.3) is 0 Å². The molecule has 1 heterocycles. The molecule has 4 aromatic carbocycles. The number of para-hydroxylation sites is 1. The van der Waals surface area contributed by atoms with Gasteiger partial charge >= 0.3 is 0 Å². The van der Waals surface area contributed by atoms with E-state index in [1.807, 2.05) is 86.6 Å². The van der Waals surface area contributed by atoms with Crippen molar-refractivity contribution < 1.29 is 14.3 Å². The first-order valence-electron chi connectivity index (χ1n) is 12.4. The molecule has 2 amide bonds. The van der Waals surface area contributed by atoms with Crippen LogP contribution >= 0.6 is 0 Å². The Hall–Kier alpha value is -4.18. The minimum absolute atomic E-state index is 0.117. The Morgan fingerprint density at radius 1 is 0.722 bits per heavy atom. The number of rotatable bonds is 3. The second-order valence-electron chi connectivity index (χ2n) is 10.3. The van der Waals surface area contributed by atoms with E-state index in [-0.39, 0.29) is 23.7 Å². The van der Waals surface area contributed by atoms with Gasteiger partial charge in [0.05, 0.1) is 17.0 Å². The van der Waals surface area contributed by atoms with Crippen molar-refractivity contribution in [1.29, 1.82) is 0 Å². The van der Waals surface area contributed by atoms with Gasteiger partial charge in [-0.3, -0.25) is 9.59 Å². The minimum Gasteiger partial charge on any atom is -0.457 e. The van der Waals surface area contributed by atoms with Gasteiger partial charge in [0, 0.05) is 11.8 Å². The van der Waals surface area contributed by atoms with Gasteiger partial charge in [0.1, 0.15) is 11.5 Å². The smallest absolute Gasteiger partial charge is 0.241 e. The summed E-state index contributed by atoms with van der Waals surface area (Å²) in [7, 11) is 0. The number of hydrogen-bond acceptors (Lipinski definition) is 3. The van der Waals surface area contributed by atoms with Gasteiger partial charge < -0.3 is 4.74 Å². The molecule has 1 fully saturated rings. The van der Waals surface area contributed by atoms with Crippen LogP contribution in [0.2, 0.25) is 0 Å². The molecule has 176 valence electrons. The van der Waals surface area contributed by atoms with E-state index < -0.39 is 11.3 Å². The Bertz CT molecular complexity index is 1510. The maximum atomic E-state index is 14.2. The largest absolute Gasteiger partial charge is 0.457 e. The van der Waals surface area contributed by atoms with E-state index in [9.17, 15) is 9.59 Å². The molecule has 36 heavy (non-hydrogen) atoms. The molecule has 4 nitrogen and oxygen atoms in total. The average Bonchev–Trinajstić information content (AvgIpc) is 3.11. The first-order chi connectivity index (χ1) is 17.5. The predicted octanol–water partition coefficient (Wildman–Crippen LogP) is 6.57. The standard InChI is InChI=1S/C32H25NO3/c1-19-9-3-8-14-26(19)36-21-17-15-20(16-18-21)33-30(34)29-27-22-10-4-6-12-24(22)28(32(29,2)31(33)35)25-13-7-5-11-23(25)27/h3-18,27-29H,1-2H3/t27?,28?,29-,32+/m1/s1. The molecule has 0 saturated carbocycles. The number of aryl methyl sites for hydroxylation is 1. The molecule has 8 rings (SSSR count). The van der Waals surface area contributed by atoms with Crippen LogP contribution in [0, 0.1) is 18.3 Å². The van der Waals surface area contributed by atoms with Crippen molar-refractivity contribution in [3.8, 4) is 11.5 Å². The third kappa shape index (κ3) is 2.64. The second-order valence-corrected chi connectivity index (χ2v) is 10.3. The van der Waals surface area contributed by atoms with Gasteiger partial charge in [0.15, 0.2) is 0 Å². The predicted molar refractivity (Wildman–Crippen MR) is 138 cm³/mol. The number of nitrogens with zero attached hydrogens (tertiary/aromatic N) is 1. The van der Waals surface area contributed by atoms with Gasteiger partial charge in [0.2, 0.25) is 11.8 Å². The number of imide groups is 1. The molecule has 0 radical (unpaired) electrons. The lowest BCUT2D eigenvalue weighted by atomic mass is 9.48. The van der Waals surface area contributed by atoms with Crippen molar-refractivity contribution in [2.24, 2.45) is 11.3 Å². The molecule has 0 N–H and O–H groups in total. The summed E-state index contributed by atoms with van der Waals surface area (Å²) < 4.78 is 6.04. The zero-order valence-corrected chi connectivity index (χ0v) is 20.1. The van der Waals surface area contributed by atoms with Gasteiger partial charge in [-0.2, -0.15) is 0 Å². The lowest BCUT2D eigenvalue weighted by Gasteiger charge is -2.51. The SMILES string of the molecule is Cc1ccccc1Oc1ccc(N2C(=O)[C@H]3C4c5ccccc5C(c5ccccc54)[C@]3(C)C2=O)cc1. The van der Waals surface area contributed by atoms with Crippen molar-refractivity contribution in [2.45, 2.75) is 25.7 Å². The number of benzene rings is 4. The molecule has 4 heteroatoms. The van der Waals surface area contributed by atoms with Crippen molar-refractivity contribution >= 4 is 17.5 Å². The fourth-order valence-electron chi connectivity index (χ4n) is 6.82. The van der Waals surface area contributed by atoms with Crippen LogP contribution in [0.4, 0.5) is 5.69 Å². The Labute approximate surface area is 210 Å². The number of carbonyl (C=O) groups excluding carboxylic acids is 2. The van der Waals surface area contributed by atoms with E-state index in [1.165, 1.54) is 27.2 Å². The number of amides is 2. The van der Waals surface area contributed by atoms with Crippen molar-refractivity contribution in [3.63, 3.8) is 0 Å². The first kappa shape index (κ1) is 21.1. The van der Waals surface area contributed by atoms with Gasteiger partial charge in [-0.15, -0.1) is 0 Å². The Kier molecular flexibility index (Phi) is 4.35. The number of carbonyl (C=O) groups is 2. The van der Waals surface area contributed by atoms with Crippen LogP contribution in [-0.2, 0) is 9.59 Å². The third-order valence-electron chi connectivity index (χ3n) is 8.43. The Morgan fingerprint density at radius 3 is 1.89 bits per heavy atom. The van der Waals surface area contributed by atoms with Crippen molar-refractivity contribution in [2.75, 3.05) is 4.90 Å². The van der Waals surface area contributed by atoms with Crippen LogP contribution in [0.15, 0.2) is 97.1 Å². The summed E-state index contributed by atoms with van der Waals surface area (Å²) in [6, 6.07) is 31.7. The van der Waals surface area contributed by atoms with Crippen LogP contribution in [0.5, 0.6) is 11.5 Å². The lowest BCUT2D eigenvalue weighted by Crippen LogP contribution is -2.49. The summed E-state index contributed by atoms with van der Waals surface area (Å²) in [6.45, 7) is 4.00. The van der Waals surface area contributed by atoms with E-state index >= 15 is 0 Å². The van der Waals surface area contributed by atoms with Crippen molar-refractivity contribution in [3.05, 3.63) is 125 Å². The fraction of sp³-hybridized carbons (Fsp3) is 0.188. The summed E-state index contributed by atoms with van der Waals surface area (Å²) in [5, 5.41) is 0. The van der Waals surface area contributed by atoms with Crippen LogP contribution < -0.4 is 9.64 Å². The highest BCUT2D eigenvalue weighted by molar-refractivity contribution is 6.25. The van der Waals surface area contributed by atoms with Crippen LogP contribution in [0.25, 0.3) is 0 Å². The molecule has 4 aliphatic rings. The van der Waals surface area contributed by atoms with Crippen LogP contribution in [0.3, 0.4) is 0 Å². The zero-order chi connectivity index (χ0) is 24.6. The summed E-state index contributed by atoms with van der Waals surface area (Å²) in [6.07, 6.45) is 0. The van der Waals surface area contributed by atoms with Crippen LogP contribution in [0.1, 0.15) is 46.6 Å². The highest BCUT2D eigenvalue weighted by Crippen LogP contribution is 2.67. The van der Waals surface area contributed by atoms with Crippen molar-refractivity contribution in [1.82, 2.24) is 0 Å². The zero-order valence-electron chi connectivity index (χ0n) is 20.1. The molecule has 4 aromatic rings. The quantitative estimate of drug-likeness (QED) is 0.317. The second kappa shape index (κ2) is 7.41. The Morgan fingerprint density at radius 2 is 1.28 bits per heavy atom. The lowest BCUT2D eigenvalue weighted by molar-refractivity contribution is -0.128. The topological polar surface area (TPSA) is 46.6 Å². The van der Waals surface area contributed by atoms with E-state index in [2.05, 4.69) is 24.3 Å². The number of hydrogen-bond donors (Lipinski definition) is 0. The van der Waals surface area contributed by atoms with E-state index in [0.717, 1.165) is 11.3 Å². The fourth-order valence-corrected chi connectivity index (χ4v) is 6.82. The molecule has 2 atom stereocenters. The molecular weight excluding hydrogens is 446 g/mol. The van der Waals surface area contributed by atoms with E-state index in [0.29, 0.717) is 11.4 Å². The molecule has 3 aliphatic carbocycles. The van der Waals surface area contributed by atoms with Gasteiger partial charge in [-0.1, -0.05) is 66.7 Å². The monoisotopic (exact) mass is 471 g/mol. The molecule has 1 aliphatic heterocycles. The van der Waals surface area contributed by atoms with Crippen LogP contribution in [-0.4, -0.2) is 11.8 Å². The van der Waals surface area contributed by atoms with E-state index in [1.54, 1.807) is 0 Å². The maximum Gasteiger partial charge on any atom is 0.241 e. The van der Waals surface area contributed by atoms with Gasteiger partial charge in [-0.05, 0) is 72.0 Å². The highest BCUT2D eigenvalue weighted by Gasteiger charge is 2.68. The first-order valence-corrected chi connectivity index (χ1v) is 12.4. The molecule has 0 aromatic heterocycles. The molecule has 2 bridgehead atoms. The normalized spacial score (nSPS) is 25.4. The molecule has 0 spiro atoms. The average molecular weight is 472 g/mol. The number of anilines is 1. The molecular formula is C32H25NO3. The number of ether oxygens (including phenoxy) is 1. The minimum atomic E-state index is -0.833. The highest BCUT2D eigenvalue weighted by atomic mass is 16.5. The summed E-state index contributed by atoms with van der Waals surface area (Å²) in [5.74, 6) is 0.503. The molecule has 1 saturated heterocycles. The molecule has 0 unspecified atom stereocenters. The summed E-state index contributed by atoms with van der Waals surface area (Å²) in [4.78, 5) is 29.7.